The van der Waals surface area contributed by atoms with Crippen LogP contribution in [0.15, 0.2) is 12.4 Å². The van der Waals surface area contributed by atoms with E-state index in [0.29, 0.717) is 6.54 Å². The lowest BCUT2D eigenvalue weighted by atomic mass is 10.1. The van der Waals surface area contributed by atoms with Crippen molar-refractivity contribution < 1.29 is 4.79 Å². The zero-order valence-corrected chi connectivity index (χ0v) is 7.92. The van der Waals surface area contributed by atoms with E-state index >= 15 is 0 Å². The van der Waals surface area contributed by atoms with Gasteiger partial charge in [-0.2, -0.15) is 5.10 Å². The van der Waals surface area contributed by atoms with Crippen LogP contribution < -0.4 is 10.6 Å². The molecule has 1 fully saturated rings. The molecule has 0 spiro atoms. The first-order valence-electron chi connectivity index (χ1n) is 4.82. The van der Waals surface area contributed by atoms with Gasteiger partial charge in [-0.15, -0.1) is 0 Å². The molecule has 14 heavy (non-hydrogen) atoms. The number of nitrogens with zero attached hydrogens (tertiary/aromatic N) is 1. The maximum atomic E-state index is 11.6. The summed E-state index contributed by atoms with van der Waals surface area (Å²) >= 11 is 0. The normalized spacial score (nSPS) is 21.0. The number of carbonyl (C=O) groups is 1. The van der Waals surface area contributed by atoms with Crippen molar-refractivity contribution in [3.8, 4) is 0 Å². The van der Waals surface area contributed by atoms with E-state index in [1.807, 2.05) is 0 Å². The Labute approximate surface area is 82.3 Å². The molecular weight excluding hydrogens is 180 g/mol. The third-order valence-electron chi connectivity index (χ3n) is 2.45. The van der Waals surface area contributed by atoms with Gasteiger partial charge < -0.3 is 10.6 Å². The predicted octanol–water partition coefficient (Wildman–Crippen LogP) is -0.365. The molecule has 1 aliphatic heterocycles. The first-order chi connectivity index (χ1) is 6.86. The van der Waals surface area contributed by atoms with Crippen molar-refractivity contribution in [1.82, 2.24) is 20.8 Å². The molecule has 0 aliphatic carbocycles. The number of nitrogens with one attached hydrogen (secondary N) is 3. The Morgan fingerprint density at radius 3 is 3.29 bits per heavy atom. The Hall–Kier alpha value is -1.36. The number of hydrogen-bond donors (Lipinski definition) is 3. The third-order valence-corrected chi connectivity index (χ3v) is 2.45. The monoisotopic (exact) mass is 194 g/mol. The second-order valence-corrected chi connectivity index (χ2v) is 3.51. The highest BCUT2D eigenvalue weighted by atomic mass is 16.1. The summed E-state index contributed by atoms with van der Waals surface area (Å²) in [5.41, 5.74) is 1.00. The molecule has 3 N–H and O–H groups in total. The predicted molar refractivity (Wildman–Crippen MR) is 51.4 cm³/mol. The molecule has 0 saturated carbocycles. The highest BCUT2D eigenvalue weighted by molar-refractivity contribution is 5.79. The zero-order valence-electron chi connectivity index (χ0n) is 7.92. The molecule has 0 aromatic carbocycles. The van der Waals surface area contributed by atoms with Crippen LogP contribution in [-0.4, -0.2) is 29.2 Å². The Morgan fingerprint density at radius 2 is 2.64 bits per heavy atom. The van der Waals surface area contributed by atoms with E-state index in [0.717, 1.165) is 25.1 Å². The van der Waals surface area contributed by atoms with Crippen LogP contribution in [-0.2, 0) is 11.3 Å². The fourth-order valence-corrected chi connectivity index (χ4v) is 1.59. The molecule has 1 aromatic heterocycles. The van der Waals surface area contributed by atoms with Gasteiger partial charge in [0.15, 0.2) is 0 Å². The average Bonchev–Trinajstić information content (AvgIpc) is 2.87. The molecule has 76 valence electrons. The maximum Gasteiger partial charge on any atom is 0.224 e. The fourth-order valence-electron chi connectivity index (χ4n) is 1.59. The minimum atomic E-state index is 0.135. The van der Waals surface area contributed by atoms with Gasteiger partial charge in [0, 0.05) is 24.8 Å². The van der Waals surface area contributed by atoms with E-state index < -0.39 is 0 Å². The molecular formula is C9H14N4O. The Kier molecular flexibility index (Phi) is 2.78. The maximum absolute atomic E-state index is 11.6. The van der Waals surface area contributed by atoms with Crippen LogP contribution in [0.4, 0.5) is 0 Å². The number of hydrogen-bond acceptors (Lipinski definition) is 3. The number of amides is 1. The number of carbonyl (C=O) groups excluding carboxylic acids is 1. The molecule has 1 unspecified atom stereocenters. The summed E-state index contributed by atoms with van der Waals surface area (Å²) in [7, 11) is 0. The van der Waals surface area contributed by atoms with Gasteiger partial charge in [0.2, 0.25) is 5.91 Å². The lowest BCUT2D eigenvalue weighted by molar-refractivity contribution is -0.124. The second kappa shape index (κ2) is 4.23. The summed E-state index contributed by atoms with van der Waals surface area (Å²) in [5.74, 6) is 0.276. The summed E-state index contributed by atoms with van der Waals surface area (Å²) < 4.78 is 0. The molecule has 5 heteroatoms. The van der Waals surface area contributed by atoms with E-state index in [1.54, 1.807) is 12.4 Å². The first-order valence-corrected chi connectivity index (χ1v) is 4.82. The van der Waals surface area contributed by atoms with Crippen molar-refractivity contribution >= 4 is 5.91 Å². The molecule has 1 amide bonds. The highest BCUT2D eigenvalue weighted by Gasteiger charge is 2.21. The minimum Gasteiger partial charge on any atom is -0.352 e. The smallest absolute Gasteiger partial charge is 0.224 e. The molecule has 2 rings (SSSR count). The molecule has 5 nitrogen and oxygen atoms in total. The van der Waals surface area contributed by atoms with Crippen molar-refractivity contribution in [3.05, 3.63) is 18.0 Å². The molecule has 1 atom stereocenters. The number of aromatic nitrogens is 2. The van der Waals surface area contributed by atoms with Crippen LogP contribution in [0.3, 0.4) is 0 Å². The highest BCUT2D eigenvalue weighted by Crippen LogP contribution is 2.07. The molecule has 1 aliphatic rings. The van der Waals surface area contributed by atoms with E-state index in [2.05, 4.69) is 20.8 Å². The van der Waals surface area contributed by atoms with Crippen molar-refractivity contribution in [2.75, 3.05) is 13.1 Å². The summed E-state index contributed by atoms with van der Waals surface area (Å²) in [5, 5.41) is 12.6. The van der Waals surface area contributed by atoms with Crippen LogP contribution in [0.1, 0.15) is 12.0 Å². The first kappa shape index (κ1) is 9.21. The van der Waals surface area contributed by atoms with Gasteiger partial charge in [-0.1, -0.05) is 0 Å². The van der Waals surface area contributed by atoms with Crippen molar-refractivity contribution in [2.45, 2.75) is 13.0 Å². The lowest BCUT2D eigenvalue weighted by Gasteiger charge is -2.08. The number of aromatic amines is 1. The zero-order chi connectivity index (χ0) is 9.80. The van der Waals surface area contributed by atoms with Gasteiger partial charge in [-0.25, -0.2) is 0 Å². The van der Waals surface area contributed by atoms with Crippen LogP contribution in [0, 0.1) is 5.92 Å². The SMILES string of the molecule is O=C(NCc1cn[nH]c1)C1CCNC1. The topological polar surface area (TPSA) is 69.8 Å². The van der Waals surface area contributed by atoms with E-state index in [-0.39, 0.29) is 11.8 Å². The molecule has 0 radical (unpaired) electrons. The van der Waals surface area contributed by atoms with Gasteiger partial charge in [-0.05, 0) is 13.0 Å². The van der Waals surface area contributed by atoms with Crippen molar-refractivity contribution in [2.24, 2.45) is 5.92 Å². The molecule has 1 saturated heterocycles. The Morgan fingerprint density at radius 1 is 1.71 bits per heavy atom. The lowest BCUT2D eigenvalue weighted by Crippen LogP contribution is -2.31. The number of rotatable bonds is 3. The van der Waals surface area contributed by atoms with Gasteiger partial charge in [0.25, 0.3) is 0 Å². The van der Waals surface area contributed by atoms with Gasteiger partial charge in [0.1, 0.15) is 0 Å². The van der Waals surface area contributed by atoms with Crippen molar-refractivity contribution in [3.63, 3.8) is 0 Å². The van der Waals surface area contributed by atoms with Gasteiger partial charge in [-0.3, -0.25) is 9.89 Å². The van der Waals surface area contributed by atoms with Crippen LogP contribution in [0.5, 0.6) is 0 Å². The quantitative estimate of drug-likeness (QED) is 0.615. The minimum absolute atomic E-state index is 0.135. The Bertz CT molecular complexity index is 290. The molecule has 1 aromatic rings. The Balaban J connectivity index is 1.77. The van der Waals surface area contributed by atoms with Crippen molar-refractivity contribution in [1.29, 1.82) is 0 Å². The second-order valence-electron chi connectivity index (χ2n) is 3.51. The standard InChI is InChI=1S/C9H14N4O/c14-9(8-1-2-10-6-8)11-3-7-4-12-13-5-7/h4-5,8,10H,1-3,6H2,(H,11,14)(H,12,13). The summed E-state index contributed by atoms with van der Waals surface area (Å²) in [4.78, 5) is 11.6. The van der Waals surface area contributed by atoms with E-state index in [4.69, 9.17) is 0 Å². The number of H-pyrrole nitrogens is 1. The largest absolute Gasteiger partial charge is 0.352 e. The summed E-state index contributed by atoms with van der Waals surface area (Å²) in [6, 6.07) is 0. The molecule has 0 bridgehead atoms. The van der Waals surface area contributed by atoms with Crippen LogP contribution in [0.25, 0.3) is 0 Å². The molecule has 2 heterocycles. The van der Waals surface area contributed by atoms with Crippen LogP contribution >= 0.6 is 0 Å². The summed E-state index contributed by atoms with van der Waals surface area (Å²) in [6.45, 7) is 2.31. The summed E-state index contributed by atoms with van der Waals surface area (Å²) in [6.07, 6.45) is 4.44. The third kappa shape index (κ3) is 2.11. The van der Waals surface area contributed by atoms with E-state index in [1.165, 1.54) is 0 Å². The average molecular weight is 194 g/mol. The fraction of sp³-hybridized carbons (Fsp3) is 0.556. The van der Waals surface area contributed by atoms with Gasteiger partial charge in [0.05, 0.1) is 12.1 Å². The van der Waals surface area contributed by atoms with E-state index in [9.17, 15) is 4.79 Å². The van der Waals surface area contributed by atoms with Gasteiger partial charge >= 0.3 is 0 Å². The van der Waals surface area contributed by atoms with Crippen LogP contribution in [0.2, 0.25) is 0 Å².